The van der Waals surface area contributed by atoms with Crippen LogP contribution in [-0.2, 0) is 10.5 Å². The van der Waals surface area contributed by atoms with Crippen LogP contribution in [0.2, 0.25) is 0 Å². The van der Waals surface area contributed by atoms with Gasteiger partial charge in [-0.15, -0.1) is 11.8 Å². The summed E-state index contributed by atoms with van der Waals surface area (Å²) in [6, 6.07) is 11.3. The predicted octanol–water partition coefficient (Wildman–Crippen LogP) is 3.89. The number of carbonyl (C=O) groups excluding carboxylic acids is 1. The van der Waals surface area contributed by atoms with Crippen LogP contribution in [0, 0.1) is 6.92 Å². The normalized spacial score (nSPS) is 10.2. The topological polar surface area (TPSA) is 56.8 Å². The highest BCUT2D eigenvalue weighted by molar-refractivity contribution is 7.99. The number of benzene rings is 2. The van der Waals surface area contributed by atoms with Gasteiger partial charge in [0.25, 0.3) is 0 Å². The van der Waals surface area contributed by atoms with Gasteiger partial charge in [0.15, 0.2) is 11.5 Å². The standard InChI is InChI=1S/C19H23NO4S/c1-13-5-7-16(22-2)14(9-13)11-25-12-19(21)20-15-6-8-17(23-3)18(10-15)24-4/h5-10H,11-12H2,1-4H3,(H,20,21). The summed E-state index contributed by atoms with van der Waals surface area (Å²) in [5.41, 5.74) is 2.94. The van der Waals surface area contributed by atoms with Crippen LogP contribution in [0.3, 0.4) is 0 Å². The number of hydrogen-bond donors (Lipinski definition) is 1. The third-order valence-electron chi connectivity index (χ3n) is 3.59. The van der Waals surface area contributed by atoms with Crippen molar-refractivity contribution in [2.75, 3.05) is 32.4 Å². The Bertz CT molecular complexity index is 733. The first-order chi connectivity index (χ1) is 12.1. The molecule has 0 bridgehead atoms. The van der Waals surface area contributed by atoms with Crippen LogP contribution in [0.15, 0.2) is 36.4 Å². The molecule has 0 aliphatic rings. The number of thioether (sulfide) groups is 1. The summed E-state index contributed by atoms with van der Waals surface area (Å²) in [7, 11) is 4.80. The molecule has 25 heavy (non-hydrogen) atoms. The van der Waals surface area contributed by atoms with Crippen molar-refractivity contribution in [1.82, 2.24) is 0 Å². The molecule has 0 fully saturated rings. The SMILES string of the molecule is COc1ccc(C)cc1CSCC(=O)Nc1ccc(OC)c(OC)c1. The van der Waals surface area contributed by atoms with Crippen LogP contribution in [0.1, 0.15) is 11.1 Å². The molecule has 0 spiro atoms. The fourth-order valence-corrected chi connectivity index (χ4v) is 3.19. The van der Waals surface area contributed by atoms with Gasteiger partial charge in [-0.25, -0.2) is 0 Å². The van der Waals surface area contributed by atoms with Gasteiger partial charge in [0.05, 0.1) is 27.1 Å². The fourth-order valence-electron chi connectivity index (χ4n) is 2.38. The molecule has 0 saturated carbocycles. The van der Waals surface area contributed by atoms with Crippen LogP contribution < -0.4 is 19.5 Å². The highest BCUT2D eigenvalue weighted by Crippen LogP contribution is 2.30. The lowest BCUT2D eigenvalue weighted by atomic mass is 10.1. The molecular weight excluding hydrogens is 338 g/mol. The first-order valence-corrected chi connectivity index (χ1v) is 8.96. The smallest absolute Gasteiger partial charge is 0.234 e. The predicted molar refractivity (Wildman–Crippen MR) is 102 cm³/mol. The maximum absolute atomic E-state index is 12.1. The summed E-state index contributed by atoms with van der Waals surface area (Å²) in [4.78, 5) is 12.1. The van der Waals surface area contributed by atoms with Gasteiger partial charge in [-0.1, -0.05) is 17.7 Å². The summed E-state index contributed by atoms with van der Waals surface area (Å²) >= 11 is 1.54. The minimum absolute atomic E-state index is 0.0659. The molecule has 0 unspecified atom stereocenters. The highest BCUT2D eigenvalue weighted by atomic mass is 32.2. The van der Waals surface area contributed by atoms with Crippen molar-refractivity contribution in [2.45, 2.75) is 12.7 Å². The third kappa shape index (κ3) is 5.32. The highest BCUT2D eigenvalue weighted by Gasteiger charge is 2.09. The molecule has 0 radical (unpaired) electrons. The second-order valence-electron chi connectivity index (χ2n) is 5.43. The van der Waals surface area contributed by atoms with Crippen molar-refractivity contribution in [3.63, 3.8) is 0 Å². The Morgan fingerprint density at radius 2 is 1.64 bits per heavy atom. The molecule has 1 amide bonds. The van der Waals surface area contributed by atoms with E-state index in [1.165, 1.54) is 5.56 Å². The summed E-state index contributed by atoms with van der Waals surface area (Å²) in [6.07, 6.45) is 0. The van der Waals surface area contributed by atoms with E-state index in [0.29, 0.717) is 28.7 Å². The van der Waals surface area contributed by atoms with Gasteiger partial charge in [-0.05, 0) is 25.1 Å². The average molecular weight is 361 g/mol. The van der Waals surface area contributed by atoms with Crippen LogP contribution >= 0.6 is 11.8 Å². The van der Waals surface area contributed by atoms with E-state index in [-0.39, 0.29) is 5.91 Å². The maximum atomic E-state index is 12.1. The Balaban J connectivity index is 1.90. The van der Waals surface area contributed by atoms with Crippen molar-refractivity contribution in [3.8, 4) is 17.2 Å². The monoisotopic (exact) mass is 361 g/mol. The summed E-state index contributed by atoms with van der Waals surface area (Å²) in [5.74, 6) is 3.05. The molecule has 0 aromatic heterocycles. The number of rotatable bonds is 8. The number of ether oxygens (including phenoxy) is 3. The zero-order valence-electron chi connectivity index (χ0n) is 14.9. The van der Waals surface area contributed by atoms with Crippen LogP contribution in [0.5, 0.6) is 17.2 Å². The van der Waals surface area contributed by atoms with E-state index in [0.717, 1.165) is 11.3 Å². The lowest BCUT2D eigenvalue weighted by Crippen LogP contribution is -2.14. The Hall–Kier alpha value is -2.34. The molecule has 134 valence electrons. The van der Waals surface area contributed by atoms with Gasteiger partial charge in [0.2, 0.25) is 5.91 Å². The Labute approximate surface area is 152 Å². The number of amides is 1. The molecule has 6 heteroatoms. The van der Waals surface area contributed by atoms with Gasteiger partial charge < -0.3 is 19.5 Å². The second-order valence-corrected chi connectivity index (χ2v) is 6.41. The molecule has 5 nitrogen and oxygen atoms in total. The molecule has 2 rings (SSSR count). The van der Waals surface area contributed by atoms with E-state index in [9.17, 15) is 4.79 Å². The molecule has 0 saturated heterocycles. The molecule has 0 atom stereocenters. The van der Waals surface area contributed by atoms with Gasteiger partial charge in [0.1, 0.15) is 5.75 Å². The van der Waals surface area contributed by atoms with E-state index in [2.05, 4.69) is 11.4 Å². The zero-order chi connectivity index (χ0) is 18.2. The van der Waals surface area contributed by atoms with Crippen LogP contribution in [0.25, 0.3) is 0 Å². The van der Waals surface area contributed by atoms with Gasteiger partial charge in [0, 0.05) is 23.1 Å². The molecule has 0 aliphatic carbocycles. The number of methoxy groups -OCH3 is 3. The van der Waals surface area contributed by atoms with Crippen LogP contribution in [0.4, 0.5) is 5.69 Å². The van der Waals surface area contributed by atoms with Gasteiger partial charge in [-0.2, -0.15) is 0 Å². The van der Waals surface area contributed by atoms with Crippen molar-refractivity contribution in [3.05, 3.63) is 47.5 Å². The molecular formula is C19H23NO4S. The zero-order valence-corrected chi connectivity index (χ0v) is 15.7. The quantitative estimate of drug-likeness (QED) is 0.773. The third-order valence-corrected chi connectivity index (χ3v) is 4.58. The van der Waals surface area contributed by atoms with Gasteiger partial charge >= 0.3 is 0 Å². The molecule has 2 aromatic rings. The first-order valence-electron chi connectivity index (χ1n) is 7.80. The number of hydrogen-bond acceptors (Lipinski definition) is 5. The molecule has 0 aliphatic heterocycles. The van der Waals surface area contributed by atoms with Crippen molar-refractivity contribution in [1.29, 1.82) is 0 Å². The first kappa shape index (κ1) is 19.0. The van der Waals surface area contributed by atoms with Crippen molar-refractivity contribution in [2.24, 2.45) is 0 Å². The van der Waals surface area contributed by atoms with E-state index in [4.69, 9.17) is 14.2 Å². The van der Waals surface area contributed by atoms with Gasteiger partial charge in [-0.3, -0.25) is 4.79 Å². The average Bonchev–Trinajstić information content (AvgIpc) is 2.61. The van der Waals surface area contributed by atoms with Crippen molar-refractivity contribution >= 4 is 23.4 Å². The minimum atomic E-state index is -0.0659. The number of anilines is 1. The number of nitrogens with one attached hydrogen (secondary N) is 1. The Morgan fingerprint density at radius 1 is 0.960 bits per heavy atom. The molecule has 1 N–H and O–H groups in total. The second kappa shape index (κ2) is 9.22. The van der Waals surface area contributed by atoms with Crippen LogP contribution in [-0.4, -0.2) is 33.0 Å². The van der Waals surface area contributed by atoms with E-state index >= 15 is 0 Å². The Morgan fingerprint density at radius 3 is 2.32 bits per heavy atom. The fraction of sp³-hybridized carbons (Fsp3) is 0.316. The Kier molecular flexibility index (Phi) is 7.01. The summed E-state index contributed by atoms with van der Waals surface area (Å²) in [6.45, 7) is 2.04. The number of carbonyl (C=O) groups is 1. The lowest BCUT2D eigenvalue weighted by molar-refractivity contribution is -0.113. The van der Waals surface area contributed by atoms with E-state index in [1.54, 1.807) is 51.3 Å². The maximum Gasteiger partial charge on any atom is 0.234 e. The van der Waals surface area contributed by atoms with E-state index in [1.807, 2.05) is 19.1 Å². The number of aryl methyl sites for hydroxylation is 1. The van der Waals surface area contributed by atoms with Crippen molar-refractivity contribution < 1.29 is 19.0 Å². The minimum Gasteiger partial charge on any atom is -0.496 e. The summed E-state index contributed by atoms with van der Waals surface area (Å²) < 4.78 is 15.8. The largest absolute Gasteiger partial charge is 0.496 e. The summed E-state index contributed by atoms with van der Waals surface area (Å²) in [5, 5.41) is 2.87. The lowest BCUT2D eigenvalue weighted by Gasteiger charge is -2.11. The van der Waals surface area contributed by atoms with E-state index < -0.39 is 0 Å². The molecule has 2 aromatic carbocycles. The molecule has 0 heterocycles.